The summed E-state index contributed by atoms with van der Waals surface area (Å²) < 4.78 is 98.6. The first-order valence-electron chi connectivity index (χ1n) is 29.1. The van der Waals surface area contributed by atoms with Crippen LogP contribution < -0.4 is 0 Å². The molecule has 464 valence electrons. The molecular formula is C56H90O25. The minimum absolute atomic E-state index is 0.0508. The van der Waals surface area contributed by atoms with Gasteiger partial charge in [-0.1, -0.05) is 18.6 Å². The summed E-state index contributed by atoms with van der Waals surface area (Å²) in [7, 11) is 4.46. The number of ether oxygens (including phenoxy) is 16. The molecule has 9 fully saturated rings. The number of fused-ring (bicyclic) bond motifs is 7. The summed E-state index contributed by atoms with van der Waals surface area (Å²) in [6.07, 6.45) is -15.7. The van der Waals surface area contributed by atoms with Crippen LogP contribution in [0.2, 0.25) is 0 Å². The van der Waals surface area contributed by atoms with Crippen molar-refractivity contribution in [1.29, 1.82) is 0 Å². The number of hydrogen-bond donors (Lipinski definition) is 8. The van der Waals surface area contributed by atoms with Gasteiger partial charge in [0.25, 0.3) is 0 Å². The fourth-order valence-electron chi connectivity index (χ4n) is 15.9. The standard InChI is InChI=1S/C56H90O25/c1-24-45(33(59)18-38(71-24)75-30-13-16-55(23-69-28(5)58)29(17-30)11-12-32-31(55)14-15-53(6)50-37(81-56(32,53)65)22-70-54(50,7)64)77-39-19-34(66-8)46(25(2)72-39)78-40-20-35(67-9)47(26(3)73-40)79-52-44(63)49(68-10)48(27(4)74-52)80-51-43(62)42(61)41(60)36(21-57)76-51/h11,24-27,30-52,57,59-65H,12-23H2,1-10H3. The van der Waals surface area contributed by atoms with Crippen molar-refractivity contribution in [2.24, 2.45) is 28.6 Å². The molecule has 0 spiro atoms. The largest absolute Gasteiger partial charge is 0.465 e. The first-order valence-corrected chi connectivity index (χ1v) is 29.1. The van der Waals surface area contributed by atoms with Crippen LogP contribution >= 0.6 is 0 Å². The van der Waals surface area contributed by atoms with E-state index in [0.717, 1.165) is 12.0 Å². The zero-order valence-corrected chi connectivity index (χ0v) is 48.2. The third-order valence-electron chi connectivity index (χ3n) is 20.1. The van der Waals surface area contributed by atoms with E-state index in [1.165, 1.54) is 21.1 Å². The average molecular weight is 1160 g/mol. The van der Waals surface area contributed by atoms with Gasteiger partial charge in [0.05, 0.1) is 74.1 Å². The number of esters is 1. The van der Waals surface area contributed by atoms with Crippen LogP contribution in [0.3, 0.4) is 0 Å². The number of aliphatic hydroxyl groups excluding tert-OH is 6. The zero-order chi connectivity index (χ0) is 58.2. The lowest BCUT2D eigenvalue weighted by Gasteiger charge is -2.61. The zero-order valence-electron chi connectivity index (χ0n) is 48.2. The van der Waals surface area contributed by atoms with Gasteiger partial charge in [0.15, 0.2) is 43.0 Å². The number of hydrogen-bond acceptors (Lipinski definition) is 25. The minimum Gasteiger partial charge on any atom is -0.465 e. The number of rotatable bonds is 16. The predicted molar refractivity (Wildman–Crippen MR) is 274 cm³/mol. The molecule has 8 N–H and O–H groups in total. The van der Waals surface area contributed by atoms with E-state index in [0.29, 0.717) is 32.1 Å². The lowest BCUT2D eigenvalue weighted by molar-refractivity contribution is -0.374. The van der Waals surface area contributed by atoms with Crippen molar-refractivity contribution in [3.8, 4) is 0 Å². The molecule has 0 bridgehead atoms. The van der Waals surface area contributed by atoms with Crippen LogP contribution in [0.25, 0.3) is 0 Å². The first-order chi connectivity index (χ1) is 38.4. The Labute approximate surface area is 472 Å². The molecule has 2 saturated carbocycles. The van der Waals surface area contributed by atoms with E-state index < -0.39 is 176 Å². The van der Waals surface area contributed by atoms with E-state index >= 15 is 0 Å². The molecule has 0 aromatic carbocycles. The number of carbonyl (C=O) groups is 1. The van der Waals surface area contributed by atoms with Crippen molar-refractivity contribution in [2.75, 3.05) is 41.2 Å². The van der Waals surface area contributed by atoms with Crippen molar-refractivity contribution in [3.63, 3.8) is 0 Å². The molecule has 25 nitrogen and oxygen atoms in total. The molecule has 10 rings (SSSR count). The molecule has 10 aliphatic rings. The Morgan fingerprint density at radius 1 is 0.654 bits per heavy atom. The van der Waals surface area contributed by atoms with Gasteiger partial charge < -0.3 is 117 Å². The summed E-state index contributed by atoms with van der Waals surface area (Å²) in [5, 5.41) is 87.9. The van der Waals surface area contributed by atoms with Gasteiger partial charge in [-0.15, -0.1) is 0 Å². The molecule has 0 aromatic heterocycles. The maximum Gasteiger partial charge on any atom is 0.302 e. The minimum atomic E-state index is -1.68. The van der Waals surface area contributed by atoms with Crippen LogP contribution in [-0.2, 0) is 80.6 Å². The van der Waals surface area contributed by atoms with Crippen molar-refractivity contribution in [1.82, 2.24) is 0 Å². The Morgan fingerprint density at radius 2 is 1.25 bits per heavy atom. The summed E-state index contributed by atoms with van der Waals surface area (Å²) in [4.78, 5) is 12.4. The quantitative estimate of drug-likeness (QED) is 0.0754. The second-order valence-electron chi connectivity index (χ2n) is 24.9. The van der Waals surface area contributed by atoms with E-state index in [4.69, 9.17) is 75.8 Å². The highest BCUT2D eigenvalue weighted by atomic mass is 16.8. The Morgan fingerprint density at radius 3 is 1.86 bits per heavy atom. The summed E-state index contributed by atoms with van der Waals surface area (Å²) in [5.74, 6) is -4.03. The van der Waals surface area contributed by atoms with Gasteiger partial charge in [-0.3, -0.25) is 4.79 Å². The van der Waals surface area contributed by atoms with E-state index in [-0.39, 0.29) is 56.4 Å². The van der Waals surface area contributed by atoms with Gasteiger partial charge in [-0.05, 0) is 79.1 Å². The Kier molecular flexibility index (Phi) is 18.8. The average Bonchev–Trinajstić information content (AvgIpc) is 2.96. The monoisotopic (exact) mass is 1160 g/mol. The summed E-state index contributed by atoms with van der Waals surface area (Å²) in [6.45, 7) is 11.9. The summed E-state index contributed by atoms with van der Waals surface area (Å²) in [5.41, 5.74) is -0.164. The predicted octanol–water partition coefficient (Wildman–Crippen LogP) is 0.167. The van der Waals surface area contributed by atoms with Crippen molar-refractivity contribution in [2.45, 2.75) is 265 Å². The van der Waals surface area contributed by atoms with E-state index in [2.05, 4.69) is 6.08 Å². The highest BCUT2D eigenvalue weighted by Gasteiger charge is 2.75. The number of allylic oxidation sites excluding steroid dienone is 1. The topological polar surface area (TPSA) is 327 Å². The Hall–Kier alpha value is -1.71. The maximum absolute atomic E-state index is 12.6. The second kappa shape index (κ2) is 24.5. The molecule has 0 amide bonds. The Bertz CT molecular complexity index is 2160. The molecule has 3 aliphatic carbocycles. The first kappa shape index (κ1) is 62.3. The molecule has 0 aromatic rings. The normalized spacial score (nSPS) is 53.7. The highest BCUT2D eigenvalue weighted by Crippen LogP contribution is 2.70. The maximum atomic E-state index is 12.6. The fourth-order valence-corrected chi connectivity index (χ4v) is 15.9. The van der Waals surface area contributed by atoms with Crippen molar-refractivity contribution in [3.05, 3.63) is 11.6 Å². The Balaban J connectivity index is 0.709. The molecule has 7 saturated heterocycles. The lowest BCUT2D eigenvalue weighted by Crippen LogP contribution is -2.65. The van der Waals surface area contributed by atoms with E-state index in [1.54, 1.807) is 27.9 Å². The number of carbonyl (C=O) groups excluding carboxylic acids is 1. The molecule has 31 unspecified atom stereocenters. The van der Waals surface area contributed by atoms with Crippen LogP contribution in [-0.4, -0.2) is 247 Å². The second-order valence-corrected chi connectivity index (χ2v) is 24.9. The molecule has 0 radical (unpaired) electrons. The lowest BCUT2D eigenvalue weighted by atomic mass is 9.46. The summed E-state index contributed by atoms with van der Waals surface area (Å²) in [6, 6.07) is 0. The van der Waals surface area contributed by atoms with Crippen LogP contribution in [0.15, 0.2) is 11.6 Å². The number of aliphatic hydroxyl groups is 8. The van der Waals surface area contributed by atoms with Crippen LogP contribution in [0.1, 0.15) is 106 Å². The third kappa shape index (κ3) is 11.5. The van der Waals surface area contributed by atoms with Crippen molar-refractivity contribution < 1.29 is 121 Å². The van der Waals surface area contributed by atoms with Crippen LogP contribution in [0.4, 0.5) is 0 Å². The molecular weight excluding hydrogens is 1070 g/mol. The molecule has 25 heteroatoms. The van der Waals surface area contributed by atoms with Gasteiger partial charge in [0.1, 0.15) is 67.6 Å². The van der Waals surface area contributed by atoms with Crippen molar-refractivity contribution >= 4 is 5.97 Å². The molecule has 7 heterocycles. The number of methoxy groups -OCH3 is 3. The van der Waals surface area contributed by atoms with Gasteiger partial charge in [0.2, 0.25) is 0 Å². The molecule has 31 atom stereocenters. The SMILES string of the molecule is COC1CC(OC2C(O)CC(OC3CCC4(COC(C)=O)C(=CCC5C4CCC4(C)C6C(COC6(C)O)OC54O)C3)OC2C)OC(C)C1OC1CC(OC)C(OC2OC(C)C(OC3OC(CO)C(O)C(O)C3O)C(OC)C2O)C(C)O1. The molecule has 7 aliphatic heterocycles. The van der Waals surface area contributed by atoms with E-state index in [9.17, 15) is 45.6 Å². The molecule has 81 heavy (non-hydrogen) atoms. The van der Waals surface area contributed by atoms with Gasteiger partial charge in [-0.2, -0.15) is 0 Å². The smallest absolute Gasteiger partial charge is 0.302 e. The fraction of sp³-hybridized carbons (Fsp3) is 0.946. The van der Waals surface area contributed by atoms with Crippen LogP contribution in [0.5, 0.6) is 0 Å². The van der Waals surface area contributed by atoms with Gasteiger partial charge >= 0.3 is 5.97 Å². The highest BCUT2D eigenvalue weighted by molar-refractivity contribution is 5.66. The third-order valence-corrected chi connectivity index (χ3v) is 20.1. The van der Waals surface area contributed by atoms with Gasteiger partial charge in [-0.25, -0.2) is 0 Å². The van der Waals surface area contributed by atoms with Crippen LogP contribution in [0, 0.1) is 28.6 Å². The summed E-state index contributed by atoms with van der Waals surface area (Å²) >= 11 is 0. The van der Waals surface area contributed by atoms with E-state index in [1.807, 2.05) is 20.8 Å². The van der Waals surface area contributed by atoms with Gasteiger partial charge in [0, 0.05) is 64.3 Å².